The SMILES string of the molecule is c1onc2c1CCCC2. The van der Waals surface area contributed by atoms with Crippen molar-refractivity contribution in [1.82, 2.24) is 5.16 Å². The maximum Gasteiger partial charge on any atom is 0.127 e. The number of aromatic nitrogens is 1. The molecule has 0 aromatic carbocycles. The van der Waals surface area contributed by atoms with Gasteiger partial charge in [-0.15, -0.1) is 0 Å². The molecule has 9 heavy (non-hydrogen) atoms. The molecule has 0 atom stereocenters. The molecule has 0 N–H and O–H groups in total. The highest BCUT2D eigenvalue weighted by Gasteiger charge is 2.11. The predicted octanol–water partition coefficient (Wildman–Crippen LogP) is 1.55. The zero-order valence-corrected chi connectivity index (χ0v) is 5.26. The Balaban J connectivity index is 2.39. The number of aryl methyl sites for hydroxylation is 2. The van der Waals surface area contributed by atoms with Crippen LogP contribution in [0.25, 0.3) is 0 Å². The van der Waals surface area contributed by atoms with Crippen molar-refractivity contribution in [3.05, 3.63) is 17.5 Å². The van der Waals surface area contributed by atoms with E-state index in [1.54, 1.807) is 6.26 Å². The molecule has 0 bridgehead atoms. The second kappa shape index (κ2) is 1.87. The molecule has 1 aromatic heterocycles. The third kappa shape index (κ3) is 0.745. The van der Waals surface area contributed by atoms with Gasteiger partial charge in [-0.05, 0) is 25.7 Å². The lowest BCUT2D eigenvalue weighted by Crippen LogP contribution is -1.99. The molecule has 1 aliphatic rings. The zero-order valence-electron chi connectivity index (χ0n) is 5.26. The molecule has 0 aliphatic heterocycles. The Labute approximate surface area is 53.9 Å². The van der Waals surface area contributed by atoms with Gasteiger partial charge in [0.15, 0.2) is 0 Å². The van der Waals surface area contributed by atoms with E-state index in [0.717, 1.165) is 6.42 Å². The van der Waals surface area contributed by atoms with Gasteiger partial charge in [0.1, 0.15) is 6.26 Å². The Morgan fingerprint density at radius 3 is 3.11 bits per heavy atom. The molecule has 1 aliphatic carbocycles. The van der Waals surface area contributed by atoms with E-state index in [1.807, 2.05) is 0 Å². The Kier molecular flexibility index (Phi) is 1.04. The minimum Gasteiger partial charge on any atom is -0.364 e. The van der Waals surface area contributed by atoms with E-state index < -0.39 is 0 Å². The van der Waals surface area contributed by atoms with Crippen LogP contribution in [-0.4, -0.2) is 5.16 Å². The standard InChI is InChI=1S/C7H9NO/c1-2-4-7-6(3-1)5-9-8-7/h5H,1-4H2. The van der Waals surface area contributed by atoms with E-state index in [0.29, 0.717) is 0 Å². The summed E-state index contributed by atoms with van der Waals surface area (Å²) in [6.45, 7) is 0. The van der Waals surface area contributed by atoms with Crippen LogP contribution in [0.2, 0.25) is 0 Å². The molecule has 0 spiro atoms. The quantitative estimate of drug-likeness (QED) is 0.523. The van der Waals surface area contributed by atoms with Crippen LogP contribution in [-0.2, 0) is 12.8 Å². The predicted molar refractivity (Wildman–Crippen MR) is 33.1 cm³/mol. The summed E-state index contributed by atoms with van der Waals surface area (Å²) in [5.41, 5.74) is 2.50. The van der Waals surface area contributed by atoms with Crippen LogP contribution in [0.3, 0.4) is 0 Å². The first-order chi connectivity index (χ1) is 4.47. The van der Waals surface area contributed by atoms with Gasteiger partial charge in [0.05, 0.1) is 5.69 Å². The summed E-state index contributed by atoms with van der Waals surface area (Å²) in [4.78, 5) is 0. The van der Waals surface area contributed by atoms with Crippen molar-refractivity contribution in [3.63, 3.8) is 0 Å². The summed E-state index contributed by atoms with van der Waals surface area (Å²) >= 11 is 0. The molecule has 1 aromatic rings. The van der Waals surface area contributed by atoms with Gasteiger partial charge in [-0.1, -0.05) is 5.16 Å². The number of nitrogens with zero attached hydrogens (tertiary/aromatic N) is 1. The van der Waals surface area contributed by atoms with Crippen molar-refractivity contribution in [2.24, 2.45) is 0 Å². The lowest BCUT2D eigenvalue weighted by atomic mass is 9.99. The second-order valence-electron chi connectivity index (χ2n) is 2.49. The van der Waals surface area contributed by atoms with E-state index in [1.165, 1.54) is 30.5 Å². The van der Waals surface area contributed by atoms with E-state index in [9.17, 15) is 0 Å². The van der Waals surface area contributed by atoms with Crippen molar-refractivity contribution in [1.29, 1.82) is 0 Å². The molecule has 48 valence electrons. The smallest absolute Gasteiger partial charge is 0.127 e. The molecule has 1 heterocycles. The molecule has 0 saturated heterocycles. The van der Waals surface area contributed by atoms with E-state index >= 15 is 0 Å². The second-order valence-corrected chi connectivity index (χ2v) is 2.49. The summed E-state index contributed by atoms with van der Waals surface area (Å²) in [5.74, 6) is 0. The first kappa shape index (κ1) is 5.03. The minimum atomic E-state index is 1.12. The van der Waals surface area contributed by atoms with Crippen molar-refractivity contribution < 1.29 is 4.52 Å². The fourth-order valence-corrected chi connectivity index (χ4v) is 1.30. The number of hydrogen-bond donors (Lipinski definition) is 0. The fraction of sp³-hybridized carbons (Fsp3) is 0.571. The maximum absolute atomic E-state index is 4.82. The van der Waals surface area contributed by atoms with Crippen LogP contribution in [0.4, 0.5) is 0 Å². The highest BCUT2D eigenvalue weighted by molar-refractivity contribution is 5.16. The monoisotopic (exact) mass is 123 g/mol. The molecule has 0 fully saturated rings. The van der Waals surface area contributed by atoms with E-state index in [4.69, 9.17) is 4.52 Å². The Hall–Kier alpha value is -0.790. The normalized spacial score (nSPS) is 17.3. The molecule has 0 amide bonds. The van der Waals surface area contributed by atoms with Crippen LogP contribution in [0.15, 0.2) is 10.8 Å². The Morgan fingerprint density at radius 1 is 1.33 bits per heavy atom. The molecule has 2 heteroatoms. The van der Waals surface area contributed by atoms with Crippen molar-refractivity contribution in [2.75, 3.05) is 0 Å². The molecule has 0 unspecified atom stereocenters. The van der Waals surface area contributed by atoms with Gasteiger partial charge in [-0.3, -0.25) is 0 Å². The number of rotatable bonds is 0. The molecular formula is C7H9NO. The summed E-state index contributed by atoms with van der Waals surface area (Å²) < 4.78 is 4.82. The summed E-state index contributed by atoms with van der Waals surface area (Å²) in [7, 11) is 0. The molecule has 0 saturated carbocycles. The lowest BCUT2D eigenvalue weighted by molar-refractivity contribution is 0.411. The highest BCUT2D eigenvalue weighted by Crippen LogP contribution is 2.18. The van der Waals surface area contributed by atoms with Crippen molar-refractivity contribution in [3.8, 4) is 0 Å². The van der Waals surface area contributed by atoms with Gasteiger partial charge in [-0.2, -0.15) is 0 Å². The van der Waals surface area contributed by atoms with Crippen molar-refractivity contribution in [2.45, 2.75) is 25.7 Å². The van der Waals surface area contributed by atoms with Crippen LogP contribution in [0.1, 0.15) is 24.1 Å². The largest absolute Gasteiger partial charge is 0.364 e. The average Bonchev–Trinajstić information content (AvgIpc) is 2.33. The van der Waals surface area contributed by atoms with Gasteiger partial charge in [0.2, 0.25) is 0 Å². The molecule has 2 nitrogen and oxygen atoms in total. The van der Waals surface area contributed by atoms with Crippen LogP contribution >= 0.6 is 0 Å². The lowest BCUT2D eigenvalue weighted by Gasteiger charge is -2.05. The van der Waals surface area contributed by atoms with Crippen LogP contribution in [0, 0.1) is 0 Å². The number of hydrogen-bond acceptors (Lipinski definition) is 2. The van der Waals surface area contributed by atoms with Gasteiger partial charge < -0.3 is 4.52 Å². The number of fused-ring (bicyclic) bond motifs is 1. The molecular weight excluding hydrogens is 114 g/mol. The van der Waals surface area contributed by atoms with Gasteiger partial charge in [-0.25, -0.2) is 0 Å². The van der Waals surface area contributed by atoms with E-state index in [2.05, 4.69) is 5.16 Å². The maximum atomic E-state index is 4.82. The first-order valence-corrected chi connectivity index (χ1v) is 3.39. The van der Waals surface area contributed by atoms with E-state index in [-0.39, 0.29) is 0 Å². The zero-order chi connectivity index (χ0) is 6.10. The summed E-state index contributed by atoms with van der Waals surface area (Å²) in [6, 6.07) is 0. The minimum absolute atomic E-state index is 1.12. The first-order valence-electron chi connectivity index (χ1n) is 3.39. The fourth-order valence-electron chi connectivity index (χ4n) is 1.30. The average molecular weight is 123 g/mol. The van der Waals surface area contributed by atoms with Crippen LogP contribution < -0.4 is 0 Å². The van der Waals surface area contributed by atoms with Gasteiger partial charge >= 0.3 is 0 Å². The van der Waals surface area contributed by atoms with Gasteiger partial charge in [0, 0.05) is 5.56 Å². The third-order valence-corrected chi connectivity index (χ3v) is 1.84. The molecule has 2 rings (SSSR count). The summed E-state index contributed by atoms with van der Waals surface area (Å²) in [5, 5.41) is 3.88. The molecule has 0 radical (unpaired) electrons. The van der Waals surface area contributed by atoms with Crippen molar-refractivity contribution >= 4 is 0 Å². The summed E-state index contributed by atoms with van der Waals surface area (Å²) in [6.07, 6.45) is 6.63. The topological polar surface area (TPSA) is 26.0 Å². The highest BCUT2D eigenvalue weighted by atomic mass is 16.5. The Morgan fingerprint density at radius 2 is 2.22 bits per heavy atom. The Bertz CT molecular complexity index is 184. The third-order valence-electron chi connectivity index (χ3n) is 1.84. The van der Waals surface area contributed by atoms with Crippen LogP contribution in [0.5, 0.6) is 0 Å². The van der Waals surface area contributed by atoms with Gasteiger partial charge in [0.25, 0.3) is 0 Å².